The fourth-order valence-electron chi connectivity index (χ4n) is 4.54. The van der Waals surface area contributed by atoms with Gasteiger partial charge in [0.25, 0.3) is 0 Å². The van der Waals surface area contributed by atoms with Gasteiger partial charge < -0.3 is 0 Å². The highest BCUT2D eigenvalue weighted by Gasteiger charge is 2.52. The number of para-hydroxylation sites is 2. The van der Waals surface area contributed by atoms with Crippen molar-refractivity contribution in [3.8, 4) is 0 Å². The summed E-state index contributed by atoms with van der Waals surface area (Å²) in [4.78, 5) is 19.5. The monoisotopic (exact) mass is 374 g/mol. The predicted molar refractivity (Wildman–Crippen MR) is 111 cm³/mol. The maximum absolute atomic E-state index is 13.7. The standard InChI is InChI=1S/C23H22N2OS/c26-22-23(12-14-24(15-13-23)17-19-9-6-16-27-19)20-10-4-5-11-21(20)25(22)18-7-2-1-3-8-18/h1-11,16H,12-15,17H2. The number of fused-ring (bicyclic) bond motifs is 2. The topological polar surface area (TPSA) is 23.6 Å². The molecule has 0 N–H and O–H groups in total. The molecule has 2 aliphatic heterocycles. The summed E-state index contributed by atoms with van der Waals surface area (Å²) in [7, 11) is 0. The van der Waals surface area contributed by atoms with Crippen LogP contribution in [-0.2, 0) is 16.8 Å². The summed E-state index contributed by atoms with van der Waals surface area (Å²) in [5, 5.41) is 2.13. The fraction of sp³-hybridized carbons (Fsp3) is 0.261. The first-order chi connectivity index (χ1) is 13.3. The molecule has 3 aromatic rings. The van der Waals surface area contributed by atoms with Gasteiger partial charge in [0.1, 0.15) is 0 Å². The van der Waals surface area contributed by atoms with Crippen LogP contribution in [0, 0.1) is 0 Å². The van der Waals surface area contributed by atoms with Gasteiger partial charge in [-0.25, -0.2) is 0 Å². The summed E-state index contributed by atoms with van der Waals surface area (Å²) < 4.78 is 0. The van der Waals surface area contributed by atoms with Crippen molar-refractivity contribution in [1.29, 1.82) is 0 Å². The average Bonchev–Trinajstić information content (AvgIpc) is 3.30. The quantitative estimate of drug-likeness (QED) is 0.647. The van der Waals surface area contributed by atoms with Crippen molar-refractivity contribution >= 4 is 28.6 Å². The molecule has 0 bridgehead atoms. The number of carbonyl (C=O) groups is 1. The van der Waals surface area contributed by atoms with Crippen molar-refractivity contribution in [2.24, 2.45) is 0 Å². The van der Waals surface area contributed by atoms with E-state index in [-0.39, 0.29) is 11.3 Å². The number of thiophene rings is 1. The Morgan fingerprint density at radius 1 is 0.889 bits per heavy atom. The Hall–Kier alpha value is -2.43. The summed E-state index contributed by atoms with van der Waals surface area (Å²) in [6.45, 7) is 2.91. The number of amides is 1. The van der Waals surface area contributed by atoms with E-state index in [0.717, 1.165) is 43.9 Å². The highest BCUT2D eigenvalue weighted by atomic mass is 32.1. The van der Waals surface area contributed by atoms with Gasteiger partial charge in [-0.15, -0.1) is 11.3 Å². The van der Waals surface area contributed by atoms with Gasteiger partial charge in [-0.1, -0.05) is 42.5 Å². The number of likely N-dealkylation sites (tertiary alicyclic amines) is 1. The lowest BCUT2D eigenvalue weighted by molar-refractivity contribution is -0.124. The van der Waals surface area contributed by atoms with E-state index in [1.54, 1.807) is 0 Å². The van der Waals surface area contributed by atoms with Crippen LogP contribution >= 0.6 is 11.3 Å². The first-order valence-corrected chi connectivity index (χ1v) is 10.4. The van der Waals surface area contributed by atoms with Crippen LogP contribution in [-0.4, -0.2) is 23.9 Å². The Balaban J connectivity index is 1.46. The van der Waals surface area contributed by atoms with Crippen molar-refractivity contribution < 1.29 is 4.79 Å². The molecule has 1 amide bonds. The molecule has 4 heteroatoms. The summed E-state index contributed by atoms with van der Waals surface area (Å²) in [6.07, 6.45) is 1.77. The Morgan fingerprint density at radius 3 is 2.37 bits per heavy atom. The van der Waals surface area contributed by atoms with Crippen LogP contribution in [0.15, 0.2) is 72.1 Å². The number of benzene rings is 2. The van der Waals surface area contributed by atoms with Crippen molar-refractivity contribution in [3.05, 3.63) is 82.6 Å². The molecule has 0 unspecified atom stereocenters. The molecule has 0 saturated carbocycles. The number of nitrogens with zero attached hydrogens (tertiary/aromatic N) is 2. The van der Waals surface area contributed by atoms with E-state index in [2.05, 4.69) is 40.6 Å². The van der Waals surface area contributed by atoms with Crippen LogP contribution in [0.5, 0.6) is 0 Å². The van der Waals surface area contributed by atoms with E-state index in [1.807, 2.05) is 52.6 Å². The smallest absolute Gasteiger partial charge is 0.242 e. The maximum atomic E-state index is 13.7. The van der Waals surface area contributed by atoms with Crippen LogP contribution < -0.4 is 4.90 Å². The van der Waals surface area contributed by atoms with Crippen molar-refractivity contribution in [3.63, 3.8) is 0 Å². The van der Waals surface area contributed by atoms with Crippen LogP contribution in [0.25, 0.3) is 0 Å². The zero-order chi connectivity index (χ0) is 18.3. The highest BCUT2D eigenvalue weighted by molar-refractivity contribution is 7.09. The molecule has 1 spiro atoms. The van der Waals surface area contributed by atoms with Gasteiger partial charge in [-0.2, -0.15) is 0 Å². The van der Waals surface area contributed by atoms with E-state index in [1.165, 1.54) is 10.4 Å². The summed E-state index contributed by atoms with van der Waals surface area (Å²) >= 11 is 1.81. The van der Waals surface area contributed by atoms with Crippen LogP contribution in [0.1, 0.15) is 23.3 Å². The van der Waals surface area contributed by atoms with Gasteiger partial charge in [0.15, 0.2) is 0 Å². The Morgan fingerprint density at radius 2 is 1.63 bits per heavy atom. The molecule has 1 aromatic heterocycles. The number of carbonyl (C=O) groups excluding carboxylic acids is 1. The lowest BCUT2D eigenvalue weighted by atomic mass is 9.73. The summed E-state index contributed by atoms with van der Waals surface area (Å²) in [6, 6.07) is 22.7. The molecule has 2 aliphatic rings. The third kappa shape index (κ3) is 2.71. The molecule has 2 aromatic carbocycles. The first-order valence-electron chi connectivity index (χ1n) is 9.52. The molecule has 3 heterocycles. The zero-order valence-corrected chi connectivity index (χ0v) is 16.0. The van der Waals surface area contributed by atoms with E-state index < -0.39 is 0 Å². The Bertz CT molecular complexity index is 944. The minimum absolute atomic E-state index is 0.241. The van der Waals surface area contributed by atoms with Gasteiger partial charge in [0.05, 0.1) is 11.1 Å². The molecule has 27 heavy (non-hydrogen) atoms. The molecule has 3 nitrogen and oxygen atoms in total. The van der Waals surface area contributed by atoms with Crippen LogP contribution in [0.4, 0.5) is 11.4 Å². The number of hydrogen-bond acceptors (Lipinski definition) is 3. The molecule has 0 aliphatic carbocycles. The predicted octanol–water partition coefficient (Wildman–Crippen LogP) is 4.96. The molecule has 0 atom stereocenters. The molecule has 1 saturated heterocycles. The largest absolute Gasteiger partial charge is 0.298 e. The number of piperidine rings is 1. The zero-order valence-electron chi connectivity index (χ0n) is 15.2. The van der Waals surface area contributed by atoms with Gasteiger partial charge >= 0.3 is 0 Å². The average molecular weight is 375 g/mol. The molecule has 5 rings (SSSR count). The third-order valence-corrected chi connectivity index (χ3v) is 6.82. The second kappa shape index (κ2) is 6.63. The van der Waals surface area contributed by atoms with Gasteiger partial charge in [0.2, 0.25) is 5.91 Å². The maximum Gasteiger partial charge on any atom is 0.242 e. The van der Waals surface area contributed by atoms with Crippen LogP contribution in [0.2, 0.25) is 0 Å². The summed E-state index contributed by atoms with van der Waals surface area (Å²) in [5.41, 5.74) is 2.85. The molecule has 1 fully saturated rings. The third-order valence-electron chi connectivity index (χ3n) is 5.96. The Kier molecular flexibility index (Phi) is 4.10. The Labute approximate surface area is 163 Å². The lowest BCUT2D eigenvalue weighted by Crippen LogP contribution is -2.47. The highest BCUT2D eigenvalue weighted by Crippen LogP contribution is 2.50. The first kappa shape index (κ1) is 16.7. The second-order valence-electron chi connectivity index (χ2n) is 7.43. The minimum atomic E-state index is -0.377. The number of hydrogen-bond donors (Lipinski definition) is 0. The second-order valence-corrected chi connectivity index (χ2v) is 8.46. The van der Waals surface area contributed by atoms with Gasteiger partial charge in [-0.05, 0) is 61.1 Å². The van der Waals surface area contributed by atoms with Crippen molar-refractivity contribution in [2.45, 2.75) is 24.8 Å². The van der Waals surface area contributed by atoms with E-state index in [4.69, 9.17) is 0 Å². The van der Waals surface area contributed by atoms with Crippen LogP contribution in [0.3, 0.4) is 0 Å². The molecular formula is C23H22N2OS. The molecule has 0 radical (unpaired) electrons. The summed E-state index contributed by atoms with van der Waals surface area (Å²) in [5.74, 6) is 0.241. The lowest BCUT2D eigenvalue weighted by Gasteiger charge is -2.38. The van der Waals surface area contributed by atoms with E-state index in [0.29, 0.717) is 0 Å². The van der Waals surface area contributed by atoms with Gasteiger partial charge in [-0.3, -0.25) is 14.6 Å². The molecule has 136 valence electrons. The van der Waals surface area contributed by atoms with Crippen molar-refractivity contribution in [1.82, 2.24) is 4.90 Å². The van der Waals surface area contributed by atoms with E-state index >= 15 is 0 Å². The van der Waals surface area contributed by atoms with Gasteiger partial charge in [0, 0.05) is 17.1 Å². The van der Waals surface area contributed by atoms with Crippen molar-refractivity contribution in [2.75, 3.05) is 18.0 Å². The molecular weight excluding hydrogens is 352 g/mol. The normalized spacial score (nSPS) is 18.8. The van der Waals surface area contributed by atoms with E-state index in [9.17, 15) is 4.79 Å². The number of rotatable bonds is 3. The fourth-order valence-corrected chi connectivity index (χ4v) is 5.29. The minimum Gasteiger partial charge on any atom is -0.298 e. The SMILES string of the molecule is O=C1N(c2ccccc2)c2ccccc2C12CCN(Cc1cccs1)CC2. The number of anilines is 2.